The Morgan fingerprint density at radius 2 is 1.71 bits per heavy atom. The Kier molecular flexibility index (Phi) is 6.03. The van der Waals surface area contributed by atoms with Gasteiger partial charge in [0.25, 0.3) is 5.91 Å². The third-order valence-electron chi connectivity index (χ3n) is 3.38. The quantitative estimate of drug-likeness (QED) is 0.809. The van der Waals surface area contributed by atoms with Gasteiger partial charge in [0.2, 0.25) is 5.75 Å². The van der Waals surface area contributed by atoms with Crippen LogP contribution in [0.2, 0.25) is 0 Å². The summed E-state index contributed by atoms with van der Waals surface area (Å²) < 4.78 is 30.1. The van der Waals surface area contributed by atoms with Gasteiger partial charge in [0, 0.05) is 22.1 Å². The molecule has 0 heterocycles. The highest BCUT2D eigenvalue weighted by Gasteiger charge is 2.17. The molecule has 0 saturated heterocycles. The first kappa shape index (κ1) is 18.1. The fraction of sp³-hybridized carbons (Fsp3) is 0.235. The van der Waals surface area contributed by atoms with Crippen LogP contribution in [0, 0.1) is 5.82 Å². The predicted octanol–water partition coefficient (Wildman–Crippen LogP) is 3.54. The minimum absolute atomic E-state index is 0.0641. The lowest BCUT2D eigenvalue weighted by molar-refractivity contribution is 0.0949. The number of hydrogen-bond acceptors (Lipinski definition) is 4. The zero-order valence-corrected chi connectivity index (χ0v) is 15.1. The van der Waals surface area contributed by atoms with E-state index in [0.29, 0.717) is 32.8 Å². The summed E-state index contributed by atoms with van der Waals surface area (Å²) in [4.78, 5) is 12.3. The molecule has 0 aromatic heterocycles. The summed E-state index contributed by atoms with van der Waals surface area (Å²) in [6.07, 6.45) is 0. The number of ether oxygens (including phenoxy) is 3. The summed E-state index contributed by atoms with van der Waals surface area (Å²) in [5.74, 6) is 0.371. The lowest BCUT2D eigenvalue weighted by atomic mass is 10.1. The highest BCUT2D eigenvalue weighted by Crippen LogP contribution is 2.38. The van der Waals surface area contributed by atoms with Crippen LogP contribution in [0.15, 0.2) is 34.8 Å². The van der Waals surface area contributed by atoms with Crippen molar-refractivity contribution in [3.8, 4) is 17.2 Å². The zero-order valence-electron chi connectivity index (χ0n) is 13.5. The smallest absolute Gasteiger partial charge is 0.251 e. The van der Waals surface area contributed by atoms with Crippen LogP contribution in [0.4, 0.5) is 4.39 Å². The Morgan fingerprint density at radius 1 is 1.08 bits per heavy atom. The van der Waals surface area contributed by atoms with Gasteiger partial charge in [-0.3, -0.25) is 4.79 Å². The van der Waals surface area contributed by atoms with Gasteiger partial charge in [0.1, 0.15) is 5.82 Å². The minimum Gasteiger partial charge on any atom is -0.493 e. The van der Waals surface area contributed by atoms with E-state index in [9.17, 15) is 9.18 Å². The Bertz CT molecular complexity index is 726. The second-order valence-electron chi connectivity index (χ2n) is 4.83. The number of carbonyl (C=O) groups excluding carboxylic acids is 1. The average Bonchev–Trinajstić information content (AvgIpc) is 2.59. The van der Waals surface area contributed by atoms with Gasteiger partial charge in [-0.15, -0.1) is 0 Å². The highest BCUT2D eigenvalue weighted by atomic mass is 79.9. The first-order chi connectivity index (χ1) is 11.5. The summed E-state index contributed by atoms with van der Waals surface area (Å²) >= 11 is 3.19. The number of amides is 1. The Hall–Kier alpha value is -2.28. The maximum absolute atomic E-state index is 13.8. The normalized spacial score (nSPS) is 10.2. The first-order valence-corrected chi connectivity index (χ1v) is 7.81. The fourth-order valence-corrected chi connectivity index (χ4v) is 2.49. The molecule has 1 amide bonds. The molecule has 0 radical (unpaired) electrons. The number of methoxy groups -OCH3 is 3. The lowest BCUT2D eigenvalue weighted by Gasteiger charge is -2.14. The van der Waals surface area contributed by atoms with Crippen molar-refractivity contribution in [1.29, 1.82) is 0 Å². The molecule has 1 N–H and O–H groups in total. The van der Waals surface area contributed by atoms with E-state index in [1.807, 2.05) is 0 Å². The van der Waals surface area contributed by atoms with Crippen molar-refractivity contribution >= 4 is 21.8 Å². The van der Waals surface area contributed by atoms with Gasteiger partial charge in [-0.05, 0) is 24.3 Å². The van der Waals surface area contributed by atoms with E-state index < -0.39 is 5.82 Å². The fourth-order valence-electron chi connectivity index (χ4n) is 2.15. The van der Waals surface area contributed by atoms with Crippen LogP contribution in [0.25, 0.3) is 0 Å². The largest absolute Gasteiger partial charge is 0.493 e. The van der Waals surface area contributed by atoms with Gasteiger partial charge in [-0.1, -0.05) is 22.0 Å². The molecule has 0 unspecified atom stereocenters. The van der Waals surface area contributed by atoms with Crippen molar-refractivity contribution in [2.45, 2.75) is 6.54 Å². The molecule has 2 rings (SSSR count). The Labute approximate surface area is 147 Å². The average molecular weight is 398 g/mol. The molecule has 0 aliphatic rings. The first-order valence-electron chi connectivity index (χ1n) is 7.02. The van der Waals surface area contributed by atoms with Crippen LogP contribution in [-0.2, 0) is 6.54 Å². The molecule has 0 aliphatic carbocycles. The maximum atomic E-state index is 13.8. The summed E-state index contributed by atoms with van der Waals surface area (Å²) in [7, 11) is 4.42. The van der Waals surface area contributed by atoms with E-state index in [4.69, 9.17) is 14.2 Å². The standard InChI is InChI=1S/C17H17BrFNO4/c1-22-14-6-11(7-15(23-2)16(14)24-3)17(21)20-9-10-4-5-12(18)8-13(10)19/h4-8H,9H2,1-3H3,(H,20,21). The second kappa shape index (κ2) is 8.01. The topological polar surface area (TPSA) is 56.8 Å². The molecule has 24 heavy (non-hydrogen) atoms. The van der Waals surface area contributed by atoms with E-state index in [1.54, 1.807) is 12.1 Å². The number of carbonyl (C=O) groups is 1. The van der Waals surface area contributed by atoms with Crippen LogP contribution >= 0.6 is 15.9 Å². The van der Waals surface area contributed by atoms with Crippen LogP contribution < -0.4 is 19.5 Å². The van der Waals surface area contributed by atoms with Gasteiger partial charge in [0.15, 0.2) is 11.5 Å². The number of halogens is 2. The van der Waals surface area contributed by atoms with Gasteiger partial charge < -0.3 is 19.5 Å². The number of hydrogen-bond donors (Lipinski definition) is 1. The minimum atomic E-state index is -0.394. The van der Waals surface area contributed by atoms with E-state index in [0.717, 1.165) is 0 Å². The Morgan fingerprint density at radius 3 is 2.21 bits per heavy atom. The summed E-state index contributed by atoms with van der Waals surface area (Å²) in [6.45, 7) is 0.0641. The molecule has 2 aromatic rings. The van der Waals surface area contributed by atoms with Crippen LogP contribution in [-0.4, -0.2) is 27.2 Å². The van der Waals surface area contributed by atoms with Crippen molar-refractivity contribution in [3.05, 3.63) is 51.7 Å². The molecule has 0 aliphatic heterocycles. The van der Waals surface area contributed by atoms with Crippen molar-refractivity contribution in [1.82, 2.24) is 5.32 Å². The number of benzene rings is 2. The van der Waals surface area contributed by atoms with Crippen molar-refractivity contribution < 1.29 is 23.4 Å². The van der Waals surface area contributed by atoms with Gasteiger partial charge in [0.05, 0.1) is 21.3 Å². The molecule has 0 fully saturated rings. The van der Waals surface area contributed by atoms with Crippen molar-refractivity contribution in [2.24, 2.45) is 0 Å². The molecular formula is C17H17BrFNO4. The second-order valence-corrected chi connectivity index (χ2v) is 5.75. The molecule has 0 atom stereocenters. The highest BCUT2D eigenvalue weighted by molar-refractivity contribution is 9.10. The molecule has 7 heteroatoms. The number of nitrogens with one attached hydrogen (secondary N) is 1. The van der Waals surface area contributed by atoms with Crippen LogP contribution in [0.3, 0.4) is 0 Å². The van der Waals surface area contributed by atoms with E-state index in [-0.39, 0.29) is 12.5 Å². The van der Waals surface area contributed by atoms with E-state index >= 15 is 0 Å². The molecule has 0 spiro atoms. The molecule has 0 bridgehead atoms. The molecule has 0 saturated carbocycles. The van der Waals surface area contributed by atoms with E-state index in [2.05, 4.69) is 21.2 Å². The van der Waals surface area contributed by atoms with E-state index in [1.165, 1.54) is 39.5 Å². The third-order valence-corrected chi connectivity index (χ3v) is 3.87. The maximum Gasteiger partial charge on any atom is 0.251 e. The molecule has 2 aromatic carbocycles. The summed E-state index contributed by atoms with van der Waals surface area (Å²) in [6, 6.07) is 7.74. The van der Waals surface area contributed by atoms with Crippen LogP contribution in [0.5, 0.6) is 17.2 Å². The monoisotopic (exact) mass is 397 g/mol. The van der Waals surface area contributed by atoms with Gasteiger partial charge in [-0.25, -0.2) is 4.39 Å². The summed E-state index contributed by atoms with van der Waals surface area (Å²) in [5.41, 5.74) is 0.709. The molecule has 128 valence electrons. The van der Waals surface area contributed by atoms with Gasteiger partial charge in [-0.2, -0.15) is 0 Å². The molecule has 5 nitrogen and oxygen atoms in total. The number of rotatable bonds is 6. The zero-order chi connectivity index (χ0) is 17.7. The van der Waals surface area contributed by atoms with Gasteiger partial charge >= 0.3 is 0 Å². The SMILES string of the molecule is COc1cc(C(=O)NCc2ccc(Br)cc2F)cc(OC)c1OC. The summed E-state index contributed by atoms with van der Waals surface area (Å²) in [5, 5.41) is 2.67. The Balaban J connectivity index is 2.20. The molecular weight excluding hydrogens is 381 g/mol. The third kappa shape index (κ3) is 3.97. The lowest BCUT2D eigenvalue weighted by Crippen LogP contribution is -2.23. The van der Waals surface area contributed by atoms with Crippen LogP contribution in [0.1, 0.15) is 15.9 Å². The van der Waals surface area contributed by atoms with Crippen molar-refractivity contribution in [3.63, 3.8) is 0 Å². The van der Waals surface area contributed by atoms with Crippen molar-refractivity contribution in [2.75, 3.05) is 21.3 Å². The predicted molar refractivity (Wildman–Crippen MR) is 91.4 cm³/mol.